The fourth-order valence-corrected chi connectivity index (χ4v) is 2.22. The Hall–Kier alpha value is -2.47. The summed E-state index contributed by atoms with van der Waals surface area (Å²) in [6, 6.07) is 5.11. The Kier molecular flexibility index (Phi) is 3.31. The van der Waals surface area contributed by atoms with Gasteiger partial charge in [-0.3, -0.25) is 4.79 Å². The van der Waals surface area contributed by atoms with Gasteiger partial charge < -0.3 is 4.42 Å². The summed E-state index contributed by atoms with van der Waals surface area (Å²) in [7, 11) is 0. The van der Waals surface area contributed by atoms with Crippen molar-refractivity contribution in [1.82, 2.24) is 9.97 Å². The van der Waals surface area contributed by atoms with Gasteiger partial charge in [0.25, 0.3) is 5.91 Å². The van der Waals surface area contributed by atoms with Gasteiger partial charge in [0.05, 0.1) is 6.26 Å². The number of amides is 1. The molecule has 2 aromatic heterocycles. The molecule has 0 fully saturated rings. The molecule has 0 unspecified atom stereocenters. The maximum Gasteiger partial charge on any atom is 0.285 e. The Bertz CT molecular complexity index is 745. The van der Waals surface area contributed by atoms with Gasteiger partial charge in [0, 0.05) is 11.8 Å². The molecule has 2 aromatic rings. The van der Waals surface area contributed by atoms with Crippen LogP contribution in [0.4, 0.5) is 5.95 Å². The molecule has 0 spiro atoms. The Morgan fingerprint density at radius 3 is 2.81 bits per heavy atom. The van der Waals surface area contributed by atoms with E-state index < -0.39 is 0 Å². The molecule has 0 N–H and O–H groups in total. The minimum absolute atomic E-state index is 0.217. The zero-order valence-electron chi connectivity index (χ0n) is 11.4. The molecule has 0 atom stereocenters. The first kappa shape index (κ1) is 13.5. The first-order valence-corrected chi connectivity index (χ1v) is 6.58. The van der Waals surface area contributed by atoms with Crippen LogP contribution in [0.5, 0.6) is 0 Å². The Balaban J connectivity index is 1.99. The number of carbonyl (C=O) groups excluding carboxylic acids is 1. The third kappa shape index (κ3) is 2.57. The van der Waals surface area contributed by atoms with Crippen molar-refractivity contribution in [2.75, 3.05) is 4.90 Å². The van der Waals surface area contributed by atoms with Crippen LogP contribution in [0.15, 0.2) is 39.6 Å². The quantitative estimate of drug-likeness (QED) is 0.631. The van der Waals surface area contributed by atoms with Gasteiger partial charge in [0.2, 0.25) is 5.95 Å². The molecular formula is C14H11ClN4O2. The summed E-state index contributed by atoms with van der Waals surface area (Å²) in [6.45, 7) is 3.49. The van der Waals surface area contributed by atoms with Crippen molar-refractivity contribution in [3.8, 4) is 0 Å². The number of aromatic nitrogens is 2. The number of hydrogen-bond acceptors (Lipinski definition) is 5. The summed E-state index contributed by atoms with van der Waals surface area (Å²) in [5.41, 5.74) is 0.942. The number of carbonyl (C=O) groups is 1. The first-order valence-electron chi connectivity index (χ1n) is 6.21. The number of furan rings is 1. The van der Waals surface area contributed by atoms with E-state index >= 15 is 0 Å². The number of amidine groups is 1. The van der Waals surface area contributed by atoms with Crippen molar-refractivity contribution in [3.05, 3.63) is 46.8 Å². The number of aliphatic imine (C=N–C) groups is 1. The monoisotopic (exact) mass is 302 g/mol. The number of nitrogens with zero attached hydrogens (tertiary/aromatic N) is 4. The third-order valence-electron chi connectivity index (χ3n) is 2.86. The summed E-state index contributed by atoms with van der Waals surface area (Å²) >= 11 is 5.92. The molecule has 0 radical (unpaired) electrons. The molecule has 106 valence electrons. The summed E-state index contributed by atoms with van der Waals surface area (Å²) in [4.78, 5) is 26.3. The average Bonchev–Trinajstić information content (AvgIpc) is 2.98. The number of hydrogen-bond donors (Lipinski definition) is 0. The molecule has 21 heavy (non-hydrogen) atoms. The maximum absolute atomic E-state index is 12.4. The second-order valence-corrected chi connectivity index (χ2v) is 4.86. The molecule has 1 aliphatic rings. The minimum atomic E-state index is -0.314. The highest BCUT2D eigenvalue weighted by atomic mass is 35.5. The van der Waals surface area contributed by atoms with Crippen molar-refractivity contribution in [2.24, 2.45) is 4.99 Å². The van der Waals surface area contributed by atoms with Gasteiger partial charge >= 0.3 is 0 Å². The molecule has 0 aliphatic carbocycles. The molecule has 3 rings (SSSR count). The minimum Gasteiger partial charge on any atom is -0.465 e. The number of rotatable bonds is 2. The standard InChI is InChI=1S/C14H11ClN4O2/c1-8-6-12(15)18-14(16-8)19-9(2)17-11(13(19)20)7-10-4-3-5-21-10/h3-7H,1-2H3. The molecule has 0 aromatic carbocycles. The highest BCUT2D eigenvalue weighted by Gasteiger charge is 2.31. The normalized spacial score (nSPS) is 16.7. The predicted octanol–water partition coefficient (Wildman–Crippen LogP) is 2.84. The van der Waals surface area contributed by atoms with Crippen LogP contribution in [0.2, 0.25) is 5.15 Å². The van der Waals surface area contributed by atoms with Crippen molar-refractivity contribution < 1.29 is 9.21 Å². The number of halogens is 1. The van der Waals surface area contributed by atoms with E-state index in [1.165, 1.54) is 11.2 Å². The molecular weight excluding hydrogens is 292 g/mol. The SMILES string of the molecule is CC1=NC(=Cc2ccco2)C(=O)N1c1nc(C)cc(Cl)n1. The molecule has 6 nitrogen and oxygen atoms in total. The molecule has 0 saturated carbocycles. The average molecular weight is 303 g/mol. The largest absolute Gasteiger partial charge is 0.465 e. The van der Waals surface area contributed by atoms with E-state index in [-0.39, 0.29) is 22.7 Å². The van der Waals surface area contributed by atoms with Crippen LogP contribution < -0.4 is 4.90 Å². The van der Waals surface area contributed by atoms with Gasteiger partial charge in [-0.25, -0.2) is 19.9 Å². The Morgan fingerprint density at radius 2 is 2.14 bits per heavy atom. The van der Waals surface area contributed by atoms with E-state index in [0.717, 1.165) is 0 Å². The lowest BCUT2D eigenvalue weighted by Gasteiger charge is -2.13. The van der Waals surface area contributed by atoms with Gasteiger partial charge in [-0.05, 0) is 32.0 Å². The Morgan fingerprint density at radius 1 is 1.33 bits per heavy atom. The third-order valence-corrected chi connectivity index (χ3v) is 3.06. The summed E-state index contributed by atoms with van der Waals surface area (Å²) in [5, 5.41) is 0.279. The van der Waals surface area contributed by atoms with Crippen molar-refractivity contribution in [1.29, 1.82) is 0 Å². The van der Waals surface area contributed by atoms with Gasteiger partial charge in [-0.15, -0.1) is 0 Å². The van der Waals surface area contributed by atoms with Gasteiger partial charge in [0.15, 0.2) is 0 Å². The van der Waals surface area contributed by atoms with E-state index in [1.807, 2.05) is 0 Å². The predicted molar refractivity (Wildman–Crippen MR) is 79.1 cm³/mol. The topological polar surface area (TPSA) is 71.6 Å². The van der Waals surface area contributed by atoms with Crippen molar-refractivity contribution in [2.45, 2.75) is 13.8 Å². The zero-order chi connectivity index (χ0) is 15.0. The van der Waals surface area contributed by atoms with Crippen LogP contribution in [0.3, 0.4) is 0 Å². The lowest BCUT2D eigenvalue weighted by atomic mass is 10.3. The van der Waals surface area contributed by atoms with Gasteiger partial charge in [0.1, 0.15) is 22.4 Å². The van der Waals surface area contributed by atoms with Crippen LogP contribution in [0.1, 0.15) is 18.4 Å². The van der Waals surface area contributed by atoms with E-state index in [1.54, 1.807) is 38.1 Å². The second-order valence-electron chi connectivity index (χ2n) is 4.48. The summed E-state index contributed by atoms with van der Waals surface area (Å²) in [6.07, 6.45) is 3.10. The van der Waals surface area contributed by atoms with Gasteiger partial charge in [-0.2, -0.15) is 0 Å². The molecule has 0 saturated heterocycles. The summed E-state index contributed by atoms with van der Waals surface area (Å²) in [5.74, 6) is 0.944. The molecule has 3 heterocycles. The van der Waals surface area contributed by atoms with E-state index in [0.29, 0.717) is 17.3 Å². The Labute approximate surface area is 125 Å². The molecule has 7 heteroatoms. The van der Waals surface area contributed by atoms with Gasteiger partial charge in [-0.1, -0.05) is 11.6 Å². The van der Waals surface area contributed by atoms with Crippen LogP contribution in [-0.2, 0) is 4.79 Å². The molecule has 1 aliphatic heterocycles. The maximum atomic E-state index is 12.4. The van der Waals surface area contributed by atoms with Crippen LogP contribution in [0.25, 0.3) is 6.08 Å². The highest BCUT2D eigenvalue weighted by molar-refractivity contribution is 6.30. The van der Waals surface area contributed by atoms with Crippen LogP contribution in [-0.4, -0.2) is 21.7 Å². The fraction of sp³-hybridized carbons (Fsp3) is 0.143. The second kappa shape index (κ2) is 5.14. The van der Waals surface area contributed by atoms with Crippen molar-refractivity contribution in [3.63, 3.8) is 0 Å². The summed E-state index contributed by atoms with van der Waals surface area (Å²) < 4.78 is 5.19. The first-order chi connectivity index (χ1) is 10.0. The number of anilines is 1. The van der Waals surface area contributed by atoms with Crippen LogP contribution >= 0.6 is 11.6 Å². The lowest BCUT2D eigenvalue weighted by Crippen LogP contribution is -2.32. The fourth-order valence-electron chi connectivity index (χ4n) is 1.99. The van der Waals surface area contributed by atoms with Crippen LogP contribution in [0, 0.1) is 6.92 Å². The van der Waals surface area contributed by atoms with Crippen molar-refractivity contribution >= 4 is 35.4 Å². The molecule has 0 bridgehead atoms. The van der Waals surface area contributed by atoms with E-state index in [2.05, 4.69) is 15.0 Å². The molecule has 1 amide bonds. The lowest BCUT2D eigenvalue weighted by molar-refractivity contribution is -0.113. The highest BCUT2D eigenvalue weighted by Crippen LogP contribution is 2.23. The number of aryl methyl sites for hydroxylation is 1. The van der Waals surface area contributed by atoms with E-state index in [4.69, 9.17) is 16.0 Å². The van der Waals surface area contributed by atoms with E-state index in [9.17, 15) is 4.79 Å². The zero-order valence-corrected chi connectivity index (χ0v) is 12.1. The smallest absolute Gasteiger partial charge is 0.285 e.